The van der Waals surface area contributed by atoms with Crippen molar-refractivity contribution in [2.45, 2.75) is 25.9 Å². The summed E-state index contributed by atoms with van der Waals surface area (Å²) >= 11 is 0. The predicted octanol–water partition coefficient (Wildman–Crippen LogP) is 1.79. The maximum atomic E-state index is 11.8. The van der Waals surface area contributed by atoms with Crippen molar-refractivity contribution in [2.24, 2.45) is 0 Å². The molecule has 0 bridgehead atoms. The lowest BCUT2D eigenvalue weighted by Crippen LogP contribution is -2.32. The van der Waals surface area contributed by atoms with E-state index >= 15 is 0 Å². The first-order valence-corrected chi connectivity index (χ1v) is 6.27. The van der Waals surface area contributed by atoms with Crippen LogP contribution >= 0.6 is 0 Å². The molecule has 1 fully saturated rings. The highest BCUT2D eigenvalue weighted by Gasteiger charge is 2.17. The van der Waals surface area contributed by atoms with E-state index in [9.17, 15) is 4.79 Å². The summed E-state index contributed by atoms with van der Waals surface area (Å²) in [5.41, 5.74) is 0.0346. The summed E-state index contributed by atoms with van der Waals surface area (Å²) in [6, 6.07) is 5.39. The number of aryl methyl sites for hydroxylation is 1. The van der Waals surface area contributed by atoms with E-state index in [1.807, 2.05) is 6.07 Å². The number of ether oxygens (including phenoxy) is 1. The lowest BCUT2D eigenvalue weighted by atomic mass is 10.2. The Kier molecular flexibility index (Phi) is 4.37. The van der Waals surface area contributed by atoms with Crippen LogP contribution in [0.25, 0.3) is 6.08 Å². The van der Waals surface area contributed by atoms with Gasteiger partial charge in [-0.05, 0) is 31.9 Å². The fraction of sp³-hybridized carbons (Fsp3) is 0.429. The molecule has 5 heteroatoms. The number of hydrogen-bond donors (Lipinski definition) is 1. The van der Waals surface area contributed by atoms with Crippen molar-refractivity contribution < 1.29 is 13.9 Å². The van der Waals surface area contributed by atoms with Crippen molar-refractivity contribution in [1.82, 2.24) is 5.32 Å². The van der Waals surface area contributed by atoms with Gasteiger partial charge in [-0.15, -0.1) is 0 Å². The van der Waals surface area contributed by atoms with E-state index < -0.39 is 5.91 Å². The summed E-state index contributed by atoms with van der Waals surface area (Å²) in [6.07, 6.45) is 3.48. The minimum atomic E-state index is -0.396. The van der Waals surface area contributed by atoms with Gasteiger partial charge in [-0.3, -0.25) is 4.79 Å². The predicted molar refractivity (Wildman–Crippen MR) is 69.0 cm³/mol. The van der Waals surface area contributed by atoms with Crippen LogP contribution in [0.1, 0.15) is 24.4 Å². The van der Waals surface area contributed by atoms with Crippen LogP contribution in [0.5, 0.6) is 0 Å². The number of furan rings is 1. The molecule has 100 valence electrons. The maximum absolute atomic E-state index is 11.8. The molecule has 1 atom stereocenters. The molecule has 0 unspecified atom stereocenters. The number of carbonyl (C=O) groups excluding carboxylic acids is 1. The number of rotatable bonds is 4. The minimum Gasteiger partial charge on any atom is -0.462 e. The van der Waals surface area contributed by atoms with Gasteiger partial charge in [0.1, 0.15) is 23.2 Å². The monoisotopic (exact) mass is 260 g/mol. The van der Waals surface area contributed by atoms with Crippen LogP contribution < -0.4 is 5.32 Å². The molecular weight excluding hydrogens is 244 g/mol. The van der Waals surface area contributed by atoms with Crippen molar-refractivity contribution in [3.63, 3.8) is 0 Å². The lowest BCUT2D eigenvalue weighted by molar-refractivity contribution is -0.117. The Bertz CT molecular complexity index is 519. The first-order valence-electron chi connectivity index (χ1n) is 6.27. The van der Waals surface area contributed by atoms with Gasteiger partial charge in [0.15, 0.2) is 0 Å². The van der Waals surface area contributed by atoms with E-state index in [2.05, 4.69) is 5.32 Å². The molecule has 2 heterocycles. The molecule has 0 aliphatic carbocycles. The molecule has 0 spiro atoms. The summed E-state index contributed by atoms with van der Waals surface area (Å²) in [5, 5.41) is 11.7. The highest BCUT2D eigenvalue weighted by atomic mass is 16.5. The molecule has 1 aliphatic rings. The van der Waals surface area contributed by atoms with Gasteiger partial charge in [0.05, 0.1) is 6.10 Å². The van der Waals surface area contributed by atoms with Crippen LogP contribution in [-0.4, -0.2) is 25.2 Å². The van der Waals surface area contributed by atoms with Crippen molar-refractivity contribution >= 4 is 12.0 Å². The number of nitriles is 1. The van der Waals surface area contributed by atoms with Gasteiger partial charge in [-0.1, -0.05) is 0 Å². The van der Waals surface area contributed by atoms with Crippen molar-refractivity contribution in [2.75, 3.05) is 13.2 Å². The normalized spacial score (nSPS) is 19.2. The van der Waals surface area contributed by atoms with Gasteiger partial charge in [0, 0.05) is 19.2 Å². The molecule has 1 saturated heterocycles. The lowest BCUT2D eigenvalue weighted by Gasteiger charge is -2.09. The fourth-order valence-electron chi connectivity index (χ4n) is 1.93. The average Bonchev–Trinajstić information content (AvgIpc) is 3.04. The quantitative estimate of drug-likeness (QED) is 0.661. The molecule has 1 aliphatic heterocycles. The third-order valence-electron chi connectivity index (χ3n) is 2.93. The Morgan fingerprint density at radius 1 is 1.63 bits per heavy atom. The van der Waals surface area contributed by atoms with Crippen molar-refractivity contribution in [3.05, 3.63) is 29.2 Å². The van der Waals surface area contributed by atoms with Gasteiger partial charge in [-0.2, -0.15) is 5.26 Å². The molecule has 1 amide bonds. The smallest absolute Gasteiger partial charge is 0.262 e. The Hall–Kier alpha value is -2.06. The molecule has 1 aromatic heterocycles. The molecule has 19 heavy (non-hydrogen) atoms. The highest BCUT2D eigenvalue weighted by molar-refractivity contribution is 6.01. The summed E-state index contributed by atoms with van der Waals surface area (Å²) in [5.74, 6) is 0.844. The van der Waals surface area contributed by atoms with Crippen LogP contribution in [0.3, 0.4) is 0 Å². The Balaban J connectivity index is 1.95. The summed E-state index contributed by atoms with van der Waals surface area (Å²) < 4.78 is 10.7. The van der Waals surface area contributed by atoms with Crippen LogP contribution in [-0.2, 0) is 9.53 Å². The standard InChI is InChI=1S/C14H16N2O3/c1-10-4-5-12(19-10)7-11(8-15)14(17)16-9-13-3-2-6-18-13/h4-5,7,13H,2-3,6,9H2,1H3,(H,16,17)/b11-7+/t13-/m0/s1. The molecule has 1 aromatic rings. The number of amides is 1. The average molecular weight is 260 g/mol. The van der Waals surface area contributed by atoms with Crippen molar-refractivity contribution in [3.8, 4) is 6.07 Å². The van der Waals surface area contributed by atoms with Gasteiger partial charge in [0.25, 0.3) is 5.91 Å². The third-order valence-corrected chi connectivity index (χ3v) is 2.93. The second kappa shape index (κ2) is 6.21. The molecular formula is C14H16N2O3. The number of nitrogens with zero attached hydrogens (tertiary/aromatic N) is 1. The topological polar surface area (TPSA) is 75.3 Å². The Morgan fingerprint density at radius 3 is 3.05 bits per heavy atom. The van der Waals surface area contributed by atoms with Gasteiger partial charge in [0.2, 0.25) is 0 Å². The van der Waals surface area contributed by atoms with Gasteiger partial charge in [-0.25, -0.2) is 0 Å². The number of hydrogen-bond acceptors (Lipinski definition) is 4. The maximum Gasteiger partial charge on any atom is 0.262 e. The summed E-state index contributed by atoms with van der Waals surface area (Å²) in [6.45, 7) is 2.99. The summed E-state index contributed by atoms with van der Waals surface area (Å²) in [4.78, 5) is 11.8. The van der Waals surface area contributed by atoms with E-state index in [4.69, 9.17) is 14.4 Å². The molecule has 0 aromatic carbocycles. The first-order chi connectivity index (χ1) is 9.19. The van der Waals surface area contributed by atoms with E-state index in [0.29, 0.717) is 12.3 Å². The van der Waals surface area contributed by atoms with Gasteiger partial charge >= 0.3 is 0 Å². The van der Waals surface area contributed by atoms with Crippen molar-refractivity contribution in [1.29, 1.82) is 5.26 Å². The number of nitrogens with one attached hydrogen (secondary N) is 1. The summed E-state index contributed by atoms with van der Waals surface area (Å²) in [7, 11) is 0. The molecule has 2 rings (SSSR count). The third kappa shape index (κ3) is 3.70. The Morgan fingerprint density at radius 2 is 2.47 bits per heavy atom. The Labute approximate surface area is 111 Å². The largest absolute Gasteiger partial charge is 0.462 e. The minimum absolute atomic E-state index is 0.0346. The van der Waals surface area contributed by atoms with E-state index in [1.54, 1.807) is 19.1 Å². The molecule has 1 N–H and O–H groups in total. The van der Waals surface area contributed by atoms with Crippen LogP contribution in [0, 0.1) is 18.3 Å². The first kappa shape index (κ1) is 13.4. The fourth-order valence-corrected chi connectivity index (χ4v) is 1.93. The van der Waals surface area contributed by atoms with E-state index in [-0.39, 0.29) is 11.7 Å². The zero-order valence-corrected chi connectivity index (χ0v) is 10.8. The van der Waals surface area contributed by atoms with Gasteiger partial charge < -0.3 is 14.5 Å². The van der Waals surface area contributed by atoms with E-state index in [1.165, 1.54) is 6.08 Å². The SMILES string of the molecule is Cc1ccc(/C=C(\C#N)C(=O)NC[C@@H]2CCCO2)o1. The second-order valence-electron chi connectivity index (χ2n) is 4.46. The molecule has 0 saturated carbocycles. The second-order valence-corrected chi connectivity index (χ2v) is 4.46. The molecule has 5 nitrogen and oxygen atoms in total. The van der Waals surface area contributed by atoms with Crippen LogP contribution in [0.2, 0.25) is 0 Å². The zero-order valence-electron chi connectivity index (χ0n) is 10.8. The zero-order chi connectivity index (χ0) is 13.7. The van der Waals surface area contributed by atoms with Crippen LogP contribution in [0.4, 0.5) is 0 Å². The van der Waals surface area contributed by atoms with Crippen LogP contribution in [0.15, 0.2) is 22.1 Å². The van der Waals surface area contributed by atoms with E-state index in [0.717, 1.165) is 25.2 Å². The highest BCUT2D eigenvalue weighted by Crippen LogP contribution is 2.12. The molecule has 0 radical (unpaired) electrons. The number of carbonyl (C=O) groups is 1.